The van der Waals surface area contributed by atoms with Crippen LogP contribution in [0.1, 0.15) is 50.7 Å². The van der Waals surface area contributed by atoms with E-state index in [2.05, 4.69) is 38.2 Å². The highest BCUT2D eigenvalue weighted by molar-refractivity contribution is 5.89. The van der Waals surface area contributed by atoms with Gasteiger partial charge in [0.25, 0.3) is 0 Å². The maximum atomic E-state index is 13.0. The molecular weight excluding hydrogens is 444 g/mol. The number of amides is 2. The molecule has 1 fully saturated rings. The van der Waals surface area contributed by atoms with E-state index in [0.717, 1.165) is 28.7 Å². The Hall–Kier alpha value is -3.35. The molecule has 0 aromatic heterocycles. The predicted octanol–water partition coefficient (Wildman–Crippen LogP) is 4.51. The minimum atomic E-state index is -1.18. The van der Waals surface area contributed by atoms with Gasteiger partial charge < -0.3 is 20.1 Å². The Bertz CT molecular complexity index is 1080. The molecule has 186 valence electrons. The van der Waals surface area contributed by atoms with E-state index in [0.29, 0.717) is 18.4 Å². The van der Waals surface area contributed by atoms with Crippen LogP contribution in [0.4, 0.5) is 4.79 Å². The van der Waals surface area contributed by atoms with Gasteiger partial charge in [0, 0.05) is 19.5 Å². The van der Waals surface area contributed by atoms with Gasteiger partial charge in [0.05, 0.1) is 6.42 Å². The molecule has 3 atom stereocenters. The number of rotatable bonds is 8. The Morgan fingerprint density at radius 2 is 1.63 bits per heavy atom. The Morgan fingerprint density at radius 3 is 2.14 bits per heavy atom. The molecular formula is C28H34N2O5. The number of carbonyl (C=O) groups excluding carboxylic acids is 2. The van der Waals surface area contributed by atoms with Gasteiger partial charge >= 0.3 is 12.1 Å². The van der Waals surface area contributed by atoms with E-state index in [4.69, 9.17) is 4.74 Å². The molecule has 2 aliphatic rings. The van der Waals surface area contributed by atoms with E-state index >= 15 is 0 Å². The molecule has 4 rings (SSSR count). The third kappa shape index (κ3) is 5.50. The van der Waals surface area contributed by atoms with Crippen molar-refractivity contribution >= 4 is 18.0 Å². The van der Waals surface area contributed by atoms with Gasteiger partial charge in [0.1, 0.15) is 12.6 Å². The summed E-state index contributed by atoms with van der Waals surface area (Å²) in [5, 5.41) is 11.8. The lowest BCUT2D eigenvalue weighted by Crippen LogP contribution is -2.49. The highest BCUT2D eigenvalue weighted by Crippen LogP contribution is 2.50. The maximum Gasteiger partial charge on any atom is 0.407 e. The first-order chi connectivity index (χ1) is 16.6. The smallest absolute Gasteiger partial charge is 0.407 e. The highest BCUT2D eigenvalue weighted by atomic mass is 16.5. The Morgan fingerprint density at radius 1 is 1.06 bits per heavy atom. The van der Waals surface area contributed by atoms with Gasteiger partial charge in [0.2, 0.25) is 5.91 Å². The summed E-state index contributed by atoms with van der Waals surface area (Å²) in [5.74, 6) is -0.765. The number of carboxylic acids is 1. The molecule has 7 nitrogen and oxygen atoms in total. The summed E-state index contributed by atoms with van der Waals surface area (Å²) in [6.07, 6.45) is -0.246. The SMILES string of the molecule is CN(CC1CC1C(C)(C)C)C(=O)C(CC(=O)O)NC(=O)OCC1c2ccccc2-c2ccccc21. The van der Waals surface area contributed by atoms with Gasteiger partial charge in [-0.1, -0.05) is 69.3 Å². The van der Waals surface area contributed by atoms with Crippen LogP contribution in [0.2, 0.25) is 0 Å². The lowest BCUT2D eigenvalue weighted by Gasteiger charge is -2.25. The predicted molar refractivity (Wildman–Crippen MR) is 133 cm³/mol. The molecule has 0 bridgehead atoms. The largest absolute Gasteiger partial charge is 0.481 e. The molecule has 3 unspecified atom stereocenters. The van der Waals surface area contributed by atoms with Crippen LogP contribution in [-0.2, 0) is 14.3 Å². The van der Waals surface area contributed by atoms with Gasteiger partial charge in [0.15, 0.2) is 0 Å². The van der Waals surface area contributed by atoms with Gasteiger partial charge in [-0.25, -0.2) is 4.79 Å². The second-order valence-electron chi connectivity index (χ2n) is 10.8. The number of nitrogens with zero attached hydrogens (tertiary/aromatic N) is 1. The molecule has 0 saturated heterocycles. The number of hydrogen-bond acceptors (Lipinski definition) is 4. The van der Waals surface area contributed by atoms with Crippen molar-refractivity contribution in [3.63, 3.8) is 0 Å². The summed E-state index contributed by atoms with van der Waals surface area (Å²) < 4.78 is 5.52. The standard InChI is InChI=1S/C28H34N2O5/c1-28(2,3)23-13-17(23)15-30(4)26(33)24(14-25(31)32)29-27(34)35-16-22-20-11-7-5-9-18(20)19-10-6-8-12-21(19)22/h5-12,17,22-24H,13-16H2,1-4H3,(H,29,34)(H,31,32). The number of ether oxygens (including phenoxy) is 1. The monoisotopic (exact) mass is 478 g/mol. The number of benzene rings is 2. The topological polar surface area (TPSA) is 95.9 Å². The molecule has 0 heterocycles. The molecule has 2 amide bonds. The van der Waals surface area contributed by atoms with Crippen molar-refractivity contribution in [3.05, 3.63) is 59.7 Å². The molecule has 0 aliphatic heterocycles. The van der Waals surface area contributed by atoms with Crippen LogP contribution < -0.4 is 5.32 Å². The van der Waals surface area contributed by atoms with Gasteiger partial charge in [-0.15, -0.1) is 0 Å². The normalized spacial score (nSPS) is 19.3. The molecule has 0 radical (unpaired) electrons. The molecule has 2 aromatic carbocycles. The van der Waals surface area contributed by atoms with Crippen molar-refractivity contribution in [1.29, 1.82) is 0 Å². The summed E-state index contributed by atoms with van der Waals surface area (Å²) in [7, 11) is 1.66. The molecule has 2 aromatic rings. The number of likely N-dealkylation sites (N-methyl/N-ethyl adjacent to an activating group) is 1. The van der Waals surface area contributed by atoms with Crippen LogP contribution in [-0.4, -0.2) is 54.2 Å². The zero-order valence-electron chi connectivity index (χ0n) is 20.8. The van der Waals surface area contributed by atoms with Crippen LogP contribution in [0.15, 0.2) is 48.5 Å². The first-order valence-electron chi connectivity index (χ1n) is 12.1. The molecule has 0 spiro atoms. The second-order valence-corrected chi connectivity index (χ2v) is 10.8. The fourth-order valence-corrected chi connectivity index (χ4v) is 5.37. The number of fused-ring (bicyclic) bond motifs is 3. The van der Waals surface area contributed by atoms with Crippen LogP contribution >= 0.6 is 0 Å². The summed E-state index contributed by atoms with van der Waals surface area (Å²) in [5.41, 5.74) is 4.57. The third-order valence-corrected chi connectivity index (χ3v) is 7.23. The summed E-state index contributed by atoms with van der Waals surface area (Å²) in [6.45, 7) is 7.20. The number of alkyl carbamates (subject to hydrolysis) is 1. The maximum absolute atomic E-state index is 13.0. The summed E-state index contributed by atoms with van der Waals surface area (Å²) in [6, 6.07) is 14.8. The lowest BCUT2D eigenvalue weighted by atomic mass is 9.89. The highest BCUT2D eigenvalue weighted by Gasteiger charge is 2.46. The minimum absolute atomic E-state index is 0.0962. The van der Waals surface area contributed by atoms with E-state index in [1.54, 1.807) is 7.05 Å². The molecule has 7 heteroatoms. The number of aliphatic carboxylic acids is 1. The fourth-order valence-electron chi connectivity index (χ4n) is 5.37. The number of nitrogens with one attached hydrogen (secondary N) is 1. The van der Waals surface area contributed by atoms with Gasteiger partial charge in [-0.3, -0.25) is 9.59 Å². The van der Waals surface area contributed by atoms with Crippen LogP contribution in [0.3, 0.4) is 0 Å². The van der Waals surface area contributed by atoms with Crippen LogP contribution in [0.25, 0.3) is 11.1 Å². The zero-order chi connectivity index (χ0) is 25.3. The van der Waals surface area contributed by atoms with Crippen molar-refractivity contribution in [1.82, 2.24) is 10.2 Å². The first-order valence-corrected chi connectivity index (χ1v) is 12.1. The van der Waals surface area contributed by atoms with Crippen molar-refractivity contribution in [3.8, 4) is 11.1 Å². The Kier molecular flexibility index (Phi) is 6.88. The van der Waals surface area contributed by atoms with E-state index in [9.17, 15) is 19.5 Å². The molecule has 1 saturated carbocycles. The fraction of sp³-hybridized carbons (Fsp3) is 0.464. The van der Waals surface area contributed by atoms with Crippen molar-refractivity contribution in [2.24, 2.45) is 17.3 Å². The first kappa shape index (κ1) is 24.8. The minimum Gasteiger partial charge on any atom is -0.481 e. The number of carboxylic acid groups (broad SMARTS) is 1. The molecule has 2 N–H and O–H groups in total. The average molecular weight is 479 g/mol. The van der Waals surface area contributed by atoms with Crippen molar-refractivity contribution in [2.45, 2.75) is 45.6 Å². The number of carbonyl (C=O) groups is 3. The van der Waals surface area contributed by atoms with Gasteiger partial charge in [-0.05, 0) is 45.9 Å². The second kappa shape index (κ2) is 9.72. The van der Waals surface area contributed by atoms with E-state index < -0.39 is 30.4 Å². The Labute approximate surface area is 206 Å². The molecule has 35 heavy (non-hydrogen) atoms. The van der Waals surface area contributed by atoms with E-state index in [-0.39, 0.29) is 17.9 Å². The van der Waals surface area contributed by atoms with E-state index in [1.165, 1.54) is 4.90 Å². The van der Waals surface area contributed by atoms with Crippen LogP contribution in [0.5, 0.6) is 0 Å². The summed E-state index contributed by atoms with van der Waals surface area (Å²) in [4.78, 5) is 38.6. The quantitative estimate of drug-likeness (QED) is 0.582. The van der Waals surface area contributed by atoms with Crippen molar-refractivity contribution in [2.75, 3.05) is 20.2 Å². The lowest BCUT2D eigenvalue weighted by molar-refractivity contribution is -0.142. The van der Waals surface area contributed by atoms with E-state index in [1.807, 2.05) is 36.4 Å². The van der Waals surface area contributed by atoms with Crippen molar-refractivity contribution < 1.29 is 24.2 Å². The number of hydrogen-bond donors (Lipinski definition) is 2. The zero-order valence-corrected chi connectivity index (χ0v) is 20.8. The van der Waals surface area contributed by atoms with Gasteiger partial charge in [-0.2, -0.15) is 0 Å². The van der Waals surface area contributed by atoms with Crippen LogP contribution in [0, 0.1) is 17.3 Å². The summed E-state index contributed by atoms with van der Waals surface area (Å²) >= 11 is 0. The Balaban J connectivity index is 1.38. The average Bonchev–Trinajstić information content (AvgIpc) is 3.51. The molecule has 2 aliphatic carbocycles. The third-order valence-electron chi connectivity index (χ3n) is 7.23.